The van der Waals surface area contributed by atoms with Crippen LogP contribution in [0.1, 0.15) is 25.7 Å². The number of aliphatic hydroxyl groups excluding tert-OH is 1. The first-order chi connectivity index (χ1) is 10.1. The summed E-state index contributed by atoms with van der Waals surface area (Å²) in [6.07, 6.45) is -4.67. The van der Waals surface area contributed by atoms with Gasteiger partial charge in [-0.2, -0.15) is 0 Å². The predicted molar refractivity (Wildman–Crippen MR) is 72.1 cm³/mol. The van der Waals surface area contributed by atoms with Gasteiger partial charge in [-0.05, 0) is 20.8 Å². The zero-order valence-electron chi connectivity index (χ0n) is 12.3. The van der Waals surface area contributed by atoms with Crippen LogP contribution < -0.4 is 11.2 Å². The Morgan fingerprint density at radius 1 is 1.45 bits per heavy atom. The van der Waals surface area contributed by atoms with Crippen molar-refractivity contribution in [2.45, 2.75) is 45.1 Å². The van der Waals surface area contributed by atoms with Crippen LogP contribution in [0.4, 0.5) is 4.39 Å². The molecule has 1 aliphatic rings. The highest BCUT2D eigenvalue weighted by molar-refractivity contribution is 5.85. The number of halogens is 1. The maximum Gasteiger partial charge on any atom is 0.330 e. The summed E-state index contributed by atoms with van der Waals surface area (Å²) in [5.41, 5.74) is -1.59. The summed E-state index contributed by atoms with van der Waals surface area (Å²) in [4.78, 5) is 36.6. The molecule has 3 atom stereocenters. The van der Waals surface area contributed by atoms with E-state index in [4.69, 9.17) is 9.47 Å². The van der Waals surface area contributed by atoms with Crippen molar-refractivity contribution in [1.29, 1.82) is 0 Å². The largest absolute Gasteiger partial charge is 0.385 e. The molecule has 0 amide bonds. The Morgan fingerprint density at radius 3 is 2.73 bits per heavy atom. The number of hydrogen-bond acceptors (Lipinski definition) is 6. The summed E-state index contributed by atoms with van der Waals surface area (Å²) in [5.74, 6) is -1.80. The van der Waals surface area contributed by atoms with Crippen LogP contribution in [-0.2, 0) is 14.3 Å². The van der Waals surface area contributed by atoms with Gasteiger partial charge >= 0.3 is 5.69 Å². The highest BCUT2D eigenvalue weighted by Crippen LogP contribution is 2.26. The summed E-state index contributed by atoms with van der Waals surface area (Å²) < 4.78 is 25.3. The van der Waals surface area contributed by atoms with Crippen molar-refractivity contribution < 1.29 is 23.8 Å². The first kappa shape index (κ1) is 16.5. The number of H-pyrrole nitrogens is 1. The van der Waals surface area contributed by atoms with Crippen molar-refractivity contribution in [2.24, 2.45) is 0 Å². The Morgan fingerprint density at radius 2 is 2.09 bits per heavy atom. The topological polar surface area (TPSA) is 111 Å². The highest BCUT2D eigenvalue weighted by Gasteiger charge is 2.43. The first-order valence-electron chi connectivity index (χ1n) is 6.61. The average Bonchev–Trinajstić information content (AvgIpc) is 2.44. The van der Waals surface area contributed by atoms with E-state index >= 15 is 0 Å². The standard InChI is InChI=1S/C13H17FN2O6/c1-6-4-16(12(20)15-11(6)19)10(14)8(18)9-7(17)5-21-13(2,3)22-9/h4,8-10,18H,5H2,1-3H3,(H,15,19,20)/t8?,9-,10?/m1/s1. The molecule has 0 radical (unpaired) electrons. The van der Waals surface area contributed by atoms with E-state index < -0.39 is 41.3 Å². The summed E-state index contributed by atoms with van der Waals surface area (Å²) >= 11 is 0. The lowest BCUT2D eigenvalue weighted by molar-refractivity contribution is -0.276. The van der Waals surface area contributed by atoms with E-state index in [1.165, 1.54) is 20.8 Å². The number of hydrogen-bond donors (Lipinski definition) is 2. The second-order valence-corrected chi connectivity index (χ2v) is 5.54. The number of aromatic amines is 1. The van der Waals surface area contributed by atoms with E-state index in [0.717, 1.165) is 6.20 Å². The lowest BCUT2D eigenvalue weighted by Gasteiger charge is -2.37. The number of rotatable bonds is 3. The molecule has 1 saturated heterocycles. The second-order valence-electron chi connectivity index (χ2n) is 5.54. The fraction of sp³-hybridized carbons (Fsp3) is 0.615. The van der Waals surface area contributed by atoms with Gasteiger partial charge in [0.2, 0.25) is 6.30 Å². The second kappa shape index (κ2) is 5.75. The van der Waals surface area contributed by atoms with E-state index in [0.29, 0.717) is 4.57 Å². The molecule has 0 saturated carbocycles. The molecule has 22 heavy (non-hydrogen) atoms. The molecule has 8 nitrogen and oxygen atoms in total. The Hall–Kier alpha value is -1.84. The number of ether oxygens (including phenoxy) is 2. The number of aryl methyl sites for hydroxylation is 1. The molecule has 122 valence electrons. The quantitative estimate of drug-likeness (QED) is 0.770. The van der Waals surface area contributed by atoms with Crippen LogP contribution in [0.3, 0.4) is 0 Å². The van der Waals surface area contributed by atoms with Gasteiger partial charge in [-0.25, -0.2) is 9.18 Å². The highest BCUT2D eigenvalue weighted by atomic mass is 19.1. The van der Waals surface area contributed by atoms with Gasteiger partial charge in [-0.1, -0.05) is 0 Å². The van der Waals surface area contributed by atoms with Gasteiger partial charge in [0, 0.05) is 11.8 Å². The number of Topliss-reactive ketones (excluding diaryl/α,β-unsaturated/α-hetero) is 1. The summed E-state index contributed by atoms with van der Waals surface area (Å²) in [6, 6.07) is 0. The molecule has 1 aliphatic heterocycles. The zero-order valence-corrected chi connectivity index (χ0v) is 12.3. The molecule has 9 heteroatoms. The molecule has 1 fully saturated rings. The number of carbonyl (C=O) groups is 1. The van der Waals surface area contributed by atoms with E-state index in [9.17, 15) is 23.9 Å². The Bertz CT molecular complexity index is 695. The summed E-state index contributed by atoms with van der Waals surface area (Å²) in [6.45, 7) is 4.08. The van der Waals surface area contributed by atoms with Gasteiger partial charge in [-0.3, -0.25) is 19.1 Å². The van der Waals surface area contributed by atoms with E-state index in [1.54, 1.807) is 0 Å². The van der Waals surface area contributed by atoms with Gasteiger partial charge in [0.1, 0.15) is 12.7 Å². The summed E-state index contributed by atoms with van der Waals surface area (Å²) in [7, 11) is 0. The number of aromatic nitrogens is 2. The van der Waals surface area contributed by atoms with Crippen LogP contribution in [0, 0.1) is 6.92 Å². The van der Waals surface area contributed by atoms with E-state index in [-0.39, 0.29) is 12.2 Å². The predicted octanol–water partition coefficient (Wildman–Crippen LogP) is -0.605. The Labute approximate surface area is 124 Å². The molecule has 2 heterocycles. The van der Waals surface area contributed by atoms with Crippen LogP contribution in [-0.4, -0.2) is 45.0 Å². The van der Waals surface area contributed by atoms with Crippen LogP contribution in [0.25, 0.3) is 0 Å². The first-order valence-corrected chi connectivity index (χ1v) is 6.61. The van der Waals surface area contributed by atoms with Gasteiger partial charge in [0.15, 0.2) is 17.7 Å². The third kappa shape index (κ3) is 3.16. The van der Waals surface area contributed by atoms with Gasteiger partial charge < -0.3 is 14.6 Å². The molecular formula is C13H17FN2O6. The number of nitrogens with zero attached hydrogens (tertiary/aromatic N) is 1. The Kier molecular flexibility index (Phi) is 4.32. The van der Waals surface area contributed by atoms with Crippen molar-refractivity contribution in [3.63, 3.8) is 0 Å². The normalized spacial score (nSPS) is 24.0. The fourth-order valence-electron chi connectivity index (χ4n) is 2.07. The molecule has 2 N–H and O–H groups in total. The van der Waals surface area contributed by atoms with E-state index in [1.807, 2.05) is 4.98 Å². The number of carbonyl (C=O) groups excluding carboxylic acids is 1. The molecule has 0 bridgehead atoms. The lowest BCUT2D eigenvalue weighted by Crippen LogP contribution is -2.53. The zero-order chi connectivity index (χ0) is 16.7. The number of alkyl halides is 1. The fourth-order valence-corrected chi connectivity index (χ4v) is 2.07. The summed E-state index contributed by atoms with van der Waals surface area (Å²) in [5, 5.41) is 10.1. The van der Waals surface area contributed by atoms with Crippen molar-refractivity contribution in [3.8, 4) is 0 Å². The van der Waals surface area contributed by atoms with Crippen LogP contribution >= 0.6 is 0 Å². The third-order valence-electron chi connectivity index (χ3n) is 3.29. The minimum absolute atomic E-state index is 0.0917. The Balaban J connectivity index is 2.31. The maximum atomic E-state index is 14.4. The molecule has 0 aromatic carbocycles. The van der Waals surface area contributed by atoms with Gasteiger partial charge in [0.05, 0.1) is 0 Å². The van der Waals surface area contributed by atoms with Crippen LogP contribution in [0.15, 0.2) is 15.8 Å². The van der Waals surface area contributed by atoms with Crippen molar-refractivity contribution in [2.75, 3.05) is 6.61 Å². The van der Waals surface area contributed by atoms with Gasteiger partial charge in [0.25, 0.3) is 5.56 Å². The molecule has 2 rings (SSSR count). The van der Waals surface area contributed by atoms with Crippen LogP contribution in [0.5, 0.6) is 0 Å². The van der Waals surface area contributed by atoms with Crippen LogP contribution in [0.2, 0.25) is 0 Å². The minimum atomic E-state index is -2.26. The number of ketones is 1. The monoisotopic (exact) mass is 316 g/mol. The third-order valence-corrected chi connectivity index (χ3v) is 3.29. The molecule has 0 aliphatic carbocycles. The number of aliphatic hydroxyl groups is 1. The average molecular weight is 316 g/mol. The minimum Gasteiger partial charge on any atom is -0.385 e. The van der Waals surface area contributed by atoms with E-state index in [2.05, 4.69) is 0 Å². The number of nitrogens with one attached hydrogen (secondary N) is 1. The SMILES string of the molecule is Cc1cn(C(F)C(O)[C@@H]2OC(C)(C)OCC2=O)c(=O)[nH]c1=O. The molecule has 1 aromatic rings. The van der Waals surface area contributed by atoms with Crippen molar-refractivity contribution >= 4 is 5.78 Å². The van der Waals surface area contributed by atoms with Crippen molar-refractivity contribution in [1.82, 2.24) is 9.55 Å². The molecular weight excluding hydrogens is 299 g/mol. The lowest BCUT2D eigenvalue weighted by atomic mass is 10.1. The maximum absolute atomic E-state index is 14.4. The smallest absolute Gasteiger partial charge is 0.330 e. The van der Waals surface area contributed by atoms with Gasteiger partial charge in [-0.15, -0.1) is 0 Å². The van der Waals surface area contributed by atoms with Crippen molar-refractivity contribution in [3.05, 3.63) is 32.6 Å². The molecule has 0 spiro atoms. The molecule has 2 unspecified atom stereocenters. The molecule has 1 aromatic heterocycles.